The van der Waals surface area contributed by atoms with Crippen LogP contribution in [0.4, 0.5) is 0 Å². The summed E-state index contributed by atoms with van der Waals surface area (Å²) in [5.41, 5.74) is 2.53. The van der Waals surface area contributed by atoms with Gasteiger partial charge in [0.2, 0.25) is 0 Å². The van der Waals surface area contributed by atoms with Crippen LogP contribution in [0.15, 0.2) is 12.1 Å². The lowest BCUT2D eigenvalue weighted by Crippen LogP contribution is -2.04. The molecule has 0 saturated heterocycles. The number of aromatic hydroxyl groups is 1. The number of aryl methyl sites for hydroxylation is 2. The molecule has 0 bridgehead atoms. The van der Waals surface area contributed by atoms with Crippen molar-refractivity contribution in [1.82, 2.24) is 0 Å². The van der Waals surface area contributed by atoms with Crippen LogP contribution in [0, 0.1) is 6.92 Å². The zero-order chi connectivity index (χ0) is 15.7. The zero-order valence-corrected chi connectivity index (χ0v) is 13.9. The fourth-order valence-electron chi connectivity index (χ4n) is 2.81. The van der Waals surface area contributed by atoms with Gasteiger partial charge >= 0.3 is 0 Å². The van der Waals surface area contributed by atoms with Crippen LogP contribution in [0.2, 0.25) is 0 Å². The highest BCUT2D eigenvalue weighted by Crippen LogP contribution is 2.26. The average Bonchev–Trinajstić information content (AvgIpc) is 2.45. The Balaban J connectivity index is 2.45. The number of carbonyl (C=O) groups is 1. The Kier molecular flexibility index (Phi) is 8.11. The molecule has 0 radical (unpaired) electrons. The van der Waals surface area contributed by atoms with Gasteiger partial charge in [-0.25, -0.2) is 0 Å². The lowest BCUT2D eigenvalue weighted by atomic mass is 9.95. The van der Waals surface area contributed by atoms with Gasteiger partial charge in [-0.3, -0.25) is 4.79 Å². The molecule has 1 aromatic rings. The first-order chi connectivity index (χ1) is 10.1. The van der Waals surface area contributed by atoms with Crippen molar-refractivity contribution in [3.63, 3.8) is 0 Å². The molecular weight excluding hydrogens is 260 g/mol. The van der Waals surface area contributed by atoms with Crippen LogP contribution in [0.3, 0.4) is 0 Å². The van der Waals surface area contributed by atoms with E-state index in [-0.39, 0.29) is 11.5 Å². The summed E-state index contributed by atoms with van der Waals surface area (Å²) in [5.74, 6) is 0.248. The topological polar surface area (TPSA) is 37.3 Å². The number of ketones is 1. The van der Waals surface area contributed by atoms with Crippen LogP contribution >= 0.6 is 0 Å². The zero-order valence-electron chi connectivity index (χ0n) is 13.9. The first-order valence-corrected chi connectivity index (χ1v) is 8.45. The molecule has 0 spiro atoms. The van der Waals surface area contributed by atoms with Crippen LogP contribution in [0.5, 0.6) is 5.75 Å². The van der Waals surface area contributed by atoms with Crippen molar-refractivity contribution in [3.05, 3.63) is 28.8 Å². The molecule has 0 aromatic heterocycles. The van der Waals surface area contributed by atoms with Crippen molar-refractivity contribution >= 4 is 5.78 Å². The Labute approximate surface area is 129 Å². The second-order valence-electron chi connectivity index (χ2n) is 5.97. The number of carbonyl (C=O) groups excluding carboxylic acids is 1. The number of rotatable bonds is 10. The normalized spacial score (nSPS) is 10.8. The third-order valence-corrected chi connectivity index (χ3v) is 4.01. The molecular formula is C19H30O2. The lowest BCUT2D eigenvalue weighted by Gasteiger charge is -2.11. The maximum Gasteiger partial charge on any atom is 0.166 e. The van der Waals surface area contributed by atoms with Crippen LogP contribution in [-0.4, -0.2) is 10.9 Å². The van der Waals surface area contributed by atoms with Gasteiger partial charge in [0.1, 0.15) is 5.75 Å². The number of hydrogen-bond acceptors (Lipinski definition) is 2. The molecule has 0 aliphatic carbocycles. The van der Waals surface area contributed by atoms with Gasteiger partial charge in [0.25, 0.3) is 0 Å². The monoisotopic (exact) mass is 290 g/mol. The molecule has 0 fully saturated rings. The van der Waals surface area contributed by atoms with E-state index in [0.717, 1.165) is 30.4 Å². The highest BCUT2D eigenvalue weighted by Gasteiger charge is 2.15. The Morgan fingerprint density at radius 3 is 2.24 bits per heavy atom. The molecule has 1 rings (SSSR count). The van der Waals surface area contributed by atoms with Gasteiger partial charge in [0, 0.05) is 6.42 Å². The standard InChI is InChI=1S/C19H30O2/c1-4-6-7-8-9-10-11-12-17(20)19-16(5-2)13-15(3)14-18(19)21/h13-14,21H,4-12H2,1-3H3. The van der Waals surface area contributed by atoms with Crippen molar-refractivity contribution in [3.8, 4) is 5.75 Å². The number of phenols is 1. The first-order valence-electron chi connectivity index (χ1n) is 8.45. The molecule has 0 amide bonds. The summed E-state index contributed by atoms with van der Waals surface area (Å²) in [7, 11) is 0. The lowest BCUT2D eigenvalue weighted by molar-refractivity contribution is 0.0975. The van der Waals surface area contributed by atoms with Gasteiger partial charge in [-0.15, -0.1) is 0 Å². The summed E-state index contributed by atoms with van der Waals surface area (Å²) in [4.78, 5) is 12.3. The molecule has 0 atom stereocenters. The van der Waals surface area contributed by atoms with E-state index in [1.807, 2.05) is 19.9 Å². The quantitative estimate of drug-likeness (QED) is 0.450. The fraction of sp³-hybridized carbons (Fsp3) is 0.632. The van der Waals surface area contributed by atoms with E-state index in [4.69, 9.17) is 0 Å². The molecule has 118 valence electrons. The molecule has 0 saturated carbocycles. The van der Waals surface area contributed by atoms with Gasteiger partial charge in [0.05, 0.1) is 5.56 Å². The summed E-state index contributed by atoms with van der Waals surface area (Å²) >= 11 is 0. The van der Waals surface area contributed by atoms with E-state index in [2.05, 4.69) is 6.92 Å². The third kappa shape index (κ3) is 5.91. The molecule has 2 heteroatoms. The van der Waals surface area contributed by atoms with Gasteiger partial charge in [0.15, 0.2) is 5.78 Å². The van der Waals surface area contributed by atoms with Crippen molar-refractivity contribution in [2.24, 2.45) is 0 Å². The fourth-order valence-corrected chi connectivity index (χ4v) is 2.81. The largest absolute Gasteiger partial charge is 0.507 e. The van der Waals surface area contributed by atoms with Crippen LogP contribution in [-0.2, 0) is 6.42 Å². The Bertz CT molecular complexity index is 449. The minimum Gasteiger partial charge on any atom is -0.507 e. The average molecular weight is 290 g/mol. The van der Waals surface area contributed by atoms with Gasteiger partial charge in [-0.05, 0) is 37.0 Å². The highest BCUT2D eigenvalue weighted by atomic mass is 16.3. The molecule has 0 aliphatic heterocycles. The number of Topliss-reactive ketones (excluding diaryl/α,β-unsaturated/α-hetero) is 1. The molecule has 0 unspecified atom stereocenters. The highest BCUT2D eigenvalue weighted by molar-refractivity contribution is 6.00. The molecule has 2 nitrogen and oxygen atoms in total. The van der Waals surface area contributed by atoms with Gasteiger partial charge in [-0.2, -0.15) is 0 Å². The summed E-state index contributed by atoms with van der Waals surface area (Å²) < 4.78 is 0. The summed E-state index contributed by atoms with van der Waals surface area (Å²) in [6.45, 7) is 6.19. The van der Waals surface area contributed by atoms with Crippen LogP contribution < -0.4 is 0 Å². The smallest absolute Gasteiger partial charge is 0.166 e. The maximum absolute atomic E-state index is 12.3. The Morgan fingerprint density at radius 2 is 1.62 bits per heavy atom. The Hall–Kier alpha value is -1.31. The predicted molar refractivity (Wildman–Crippen MR) is 89.2 cm³/mol. The molecule has 0 heterocycles. The molecule has 21 heavy (non-hydrogen) atoms. The third-order valence-electron chi connectivity index (χ3n) is 4.01. The second-order valence-corrected chi connectivity index (χ2v) is 5.97. The minimum absolute atomic E-state index is 0.0953. The summed E-state index contributed by atoms with van der Waals surface area (Å²) in [5, 5.41) is 10.1. The van der Waals surface area contributed by atoms with E-state index in [1.54, 1.807) is 6.07 Å². The first kappa shape index (κ1) is 17.7. The molecule has 0 aliphatic rings. The van der Waals surface area contributed by atoms with E-state index < -0.39 is 0 Å². The predicted octanol–water partition coefficient (Wildman–Crippen LogP) is 5.59. The van der Waals surface area contributed by atoms with Crippen LogP contribution in [0.25, 0.3) is 0 Å². The summed E-state index contributed by atoms with van der Waals surface area (Å²) in [6.07, 6.45) is 9.77. The number of unbranched alkanes of at least 4 members (excludes halogenated alkanes) is 6. The van der Waals surface area contributed by atoms with Gasteiger partial charge < -0.3 is 5.11 Å². The Morgan fingerprint density at radius 1 is 1.00 bits per heavy atom. The van der Waals surface area contributed by atoms with Crippen molar-refractivity contribution in [1.29, 1.82) is 0 Å². The van der Waals surface area contributed by atoms with Gasteiger partial charge in [-0.1, -0.05) is 58.4 Å². The van der Waals surface area contributed by atoms with Crippen LogP contribution in [0.1, 0.15) is 86.7 Å². The minimum atomic E-state index is 0.0953. The van der Waals surface area contributed by atoms with Crippen molar-refractivity contribution in [2.75, 3.05) is 0 Å². The number of benzene rings is 1. The SMILES string of the molecule is CCCCCCCCCC(=O)c1c(O)cc(C)cc1CC. The van der Waals surface area contributed by atoms with E-state index >= 15 is 0 Å². The number of phenolic OH excluding ortho intramolecular Hbond substituents is 1. The van der Waals surface area contributed by atoms with E-state index in [0.29, 0.717) is 12.0 Å². The van der Waals surface area contributed by atoms with E-state index in [1.165, 1.54) is 32.1 Å². The van der Waals surface area contributed by atoms with Crippen molar-refractivity contribution in [2.45, 2.75) is 78.6 Å². The maximum atomic E-state index is 12.3. The summed E-state index contributed by atoms with van der Waals surface area (Å²) in [6, 6.07) is 3.70. The molecule has 1 aromatic carbocycles. The molecule has 1 N–H and O–H groups in total. The second kappa shape index (κ2) is 9.59. The number of hydrogen-bond donors (Lipinski definition) is 1. The van der Waals surface area contributed by atoms with Crippen molar-refractivity contribution < 1.29 is 9.90 Å². The van der Waals surface area contributed by atoms with E-state index in [9.17, 15) is 9.90 Å².